The first-order valence-electron chi connectivity index (χ1n) is 18.8. The second-order valence-corrected chi connectivity index (χ2v) is 14.6. The molecule has 26 nitrogen and oxygen atoms in total. The summed E-state index contributed by atoms with van der Waals surface area (Å²) in [5.74, 6) is -12.1. The highest BCUT2D eigenvalue weighted by atomic mass is 32.2. The number of anilines is 2. The van der Waals surface area contributed by atoms with Crippen LogP contribution >= 0.6 is 11.8 Å². The number of nitrogens with one attached hydrogen (secondary N) is 6. The smallest absolute Gasteiger partial charge is 0.327 e. The van der Waals surface area contributed by atoms with Gasteiger partial charge in [0.15, 0.2) is 17.1 Å². The number of aromatic nitrogens is 4. The van der Waals surface area contributed by atoms with Crippen LogP contribution < -0.4 is 49.3 Å². The van der Waals surface area contributed by atoms with E-state index in [1.54, 1.807) is 6.26 Å². The van der Waals surface area contributed by atoms with Gasteiger partial charge in [0.1, 0.15) is 18.1 Å². The molecule has 0 aliphatic heterocycles. The highest BCUT2D eigenvalue weighted by molar-refractivity contribution is 7.98. The van der Waals surface area contributed by atoms with E-state index in [0.29, 0.717) is 11.4 Å². The van der Waals surface area contributed by atoms with Crippen LogP contribution in [0.5, 0.6) is 0 Å². The van der Waals surface area contributed by atoms with Gasteiger partial charge in [0.05, 0.1) is 37.2 Å². The lowest BCUT2D eigenvalue weighted by atomic mass is 9.90. The zero-order chi connectivity index (χ0) is 46.8. The second-order valence-electron chi connectivity index (χ2n) is 13.7. The van der Waals surface area contributed by atoms with Gasteiger partial charge in [-0.15, -0.1) is 0 Å². The maximum absolute atomic E-state index is 13.6. The van der Waals surface area contributed by atoms with Gasteiger partial charge in [-0.05, 0) is 49.8 Å². The van der Waals surface area contributed by atoms with Crippen molar-refractivity contribution in [3.63, 3.8) is 0 Å². The fraction of sp³-hybridized carbons (Fsp3) is 0.417. The van der Waals surface area contributed by atoms with Gasteiger partial charge in [-0.3, -0.25) is 43.5 Å². The quantitative estimate of drug-likeness (QED) is 0.0223. The molecule has 0 fully saturated rings. The average molecular weight is 902 g/mol. The van der Waals surface area contributed by atoms with Crippen molar-refractivity contribution >= 4 is 88.0 Å². The van der Waals surface area contributed by atoms with E-state index < -0.39 is 109 Å². The van der Waals surface area contributed by atoms with Crippen molar-refractivity contribution in [3.05, 3.63) is 52.1 Å². The topological polar surface area (TPSA) is 440 Å². The number of aromatic amines is 1. The van der Waals surface area contributed by atoms with E-state index in [-0.39, 0.29) is 60.3 Å². The van der Waals surface area contributed by atoms with Crippen LogP contribution in [0.15, 0.2) is 40.2 Å². The van der Waals surface area contributed by atoms with Gasteiger partial charge >= 0.3 is 23.9 Å². The summed E-state index contributed by atoms with van der Waals surface area (Å²) < 4.78 is 0. The second kappa shape index (κ2) is 24.0. The van der Waals surface area contributed by atoms with Crippen LogP contribution in [0.2, 0.25) is 0 Å². The number of aliphatic imine (C=N–C) groups is 1. The molecule has 5 atom stereocenters. The van der Waals surface area contributed by atoms with Crippen LogP contribution in [-0.2, 0) is 40.1 Å². The van der Waals surface area contributed by atoms with Crippen molar-refractivity contribution in [1.29, 1.82) is 0 Å². The van der Waals surface area contributed by atoms with E-state index in [2.05, 4.69) is 51.5 Å². The van der Waals surface area contributed by atoms with Gasteiger partial charge in [0.25, 0.3) is 11.5 Å². The fourth-order valence-corrected chi connectivity index (χ4v) is 6.37. The highest BCUT2D eigenvalue weighted by Gasteiger charge is 2.36. The third kappa shape index (κ3) is 16.4. The first-order valence-corrected chi connectivity index (χ1v) is 20.2. The lowest BCUT2D eigenvalue weighted by Crippen LogP contribution is -2.55. The third-order valence-electron chi connectivity index (χ3n) is 8.86. The molecule has 16 N–H and O–H groups in total. The van der Waals surface area contributed by atoms with Crippen molar-refractivity contribution in [2.45, 2.75) is 69.2 Å². The molecule has 27 heteroatoms. The molecule has 0 bridgehead atoms. The van der Waals surface area contributed by atoms with Crippen LogP contribution in [0.1, 0.15) is 54.6 Å². The predicted octanol–water partition coefficient (Wildman–Crippen LogP) is -2.61. The minimum atomic E-state index is -1.83. The molecule has 1 aromatic carbocycles. The van der Waals surface area contributed by atoms with E-state index in [4.69, 9.17) is 17.2 Å². The minimum Gasteiger partial charge on any atom is -0.481 e. The predicted molar refractivity (Wildman–Crippen MR) is 224 cm³/mol. The molecule has 4 amide bonds. The van der Waals surface area contributed by atoms with Crippen LogP contribution in [0.3, 0.4) is 0 Å². The number of hydrogen-bond acceptors (Lipinski definition) is 16. The van der Waals surface area contributed by atoms with Crippen LogP contribution in [0.25, 0.3) is 11.2 Å². The van der Waals surface area contributed by atoms with Crippen LogP contribution in [0.4, 0.5) is 11.6 Å². The Morgan fingerprint density at radius 2 is 1.49 bits per heavy atom. The van der Waals surface area contributed by atoms with Crippen molar-refractivity contribution < 1.29 is 58.8 Å². The maximum atomic E-state index is 13.6. The Balaban J connectivity index is 1.68. The minimum absolute atomic E-state index is 0.0179. The number of nitrogen functional groups attached to an aromatic ring is 1. The maximum Gasteiger partial charge on any atom is 0.327 e. The number of guanidine groups is 1. The van der Waals surface area contributed by atoms with Crippen LogP contribution in [-0.4, -0.2) is 137 Å². The zero-order valence-electron chi connectivity index (χ0n) is 33.5. The largest absolute Gasteiger partial charge is 0.481 e. The monoisotopic (exact) mass is 901 g/mol. The number of carbonyl (C=O) groups is 8. The molecular formula is C36H47N13O13S. The number of aliphatic carboxylic acids is 4. The number of amides is 4. The molecule has 63 heavy (non-hydrogen) atoms. The molecule has 2 heterocycles. The molecule has 0 radical (unpaired) electrons. The van der Waals surface area contributed by atoms with E-state index in [9.17, 15) is 63.6 Å². The van der Waals surface area contributed by atoms with Gasteiger partial charge in [0, 0.05) is 36.0 Å². The summed E-state index contributed by atoms with van der Waals surface area (Å²) in [5.41, 5.74) is 16.7. The van der Waals surface area contributed by atoms with Crippen molar-refractivity contribution in [2.24, 2.45) is 22.4 Å². The van der Waals surface area contributed by atoms with E-state index in [0.717, 1.165) is 11.8 Å². The van der Waals surface area contributed by atoms with Gasteiger partial charge in [-0.2, -0.15) is 16.7 Å². The summed E-state index contributed by atoms with van der Waals surface area (Å²) in [5, 5.41) is 50.7. The molecule has 0 saturated carbocycles. The first kappa shape index (κ1) is 49.8. The van der Waals surface area contributed by atoms with E-state index in [1.165, 1.54) is 30.5 Å². The Kier molecular flexibility index (Phi) is 19.0. The normalized spacial score (nSPS) is 13.2. The number of fused-ring (bicyclic) bond motifs is 1. The van der Waals surface area contributed by atoms with Gasteiger partial charge < -0.3 is 64.2 Å². The molecule has 3 rings (SSSR count). The fourth-order valence-electron chi connectivity index (χ4n) is 5.82. The molecular weight excluding hydrogens is 855 g/mol. The van der Waals surface area contributed by atoms with E-state index >= 15 is 0 Å². The summed E-state index contributed by atoms with van der Waals surface area (Å²) in [6, 6.07) is -0.466. The Morgan fingerprint density at radius 1 is 0.825 bits per heavy atom. The summed E-state index contributed by atoms with van der Waals surface area (Å²) in [7, 11) is 0. The number of rotatable bonds is 26. The molecule has 3 aromatic rings. The van der Waals surface area contributed by atoms with Crippen molar-refractivity contribution in [3.8, 4) is 0 Å². The van der Waals surface area contributed by atoms with Crippen molar-refractivity contribution in [2.75, 3.05) is 29.6 Å². The summed E-state index contributed by atoms with van der Waals surface area (Å²) >= 11 is 1.09. The molecule has 0 saturated heterocycles. The number of thioether (sulfide) groups is 1. The number of carboxylic acids is 4. The Morgan fingerprint density at radius 3 is 2.10 bits per heavy atom. The number of hydrogen-bond donors (Lipinski definition) is 13. The van der Waals surface area contributed by atoms with Crippen LogP contribution in [0, 0.1) is 5.92 Å². The number of carbonyl (C=O) groups excluding carboxylic acids is 4. The third-order valence-corrected chi connectivity index (χ3v) is 9.53. The number of nitrogens with zero attached hydrogens (tertiary/aromatic N) is 4. The summed E-state index contributed by atoms with van der Waals surface area (Å²) in [4.78, 5) is 131. The Hall–Kier alpha value is -7.58. The zero-order valence-corrected chi connectivity index (χ0v) is 34.3. The average Bonchev–Trinajstić information content (AvgIpc) is 3.21. The lowest BCUT2D eigenvalue weighted by molar-refractivity contribution is -0.144. The van der Waals surface area contributed by atoms with Crippen molar-refractivity contribution in [1.82, 2.24) is 41.2 Å². The van der Waals surface area contributed by atoms with E-state index in [1.807, 2.05) is 0 Å². The molecule has 2 aromatic heterocycles. The number of carboxylic acid groups (broad SMARTS) is 4. The molecule has 0 spiro atoms. The highest BCUT2D eigenvalue weighted by Crippen LogP contribution is 2.18. The summed E-state index contributed by atoms with van der Waals surface area (Å²) in [6.07, 6.45) is -0.189. The number of H-pyrrole nitrogens is 1. The summed E-state index contributed by atoms with van der Waals surface area (Å²) in [6.45, 7) is 0.0795. The molecule has 0 aliphatic carbocycles. The molecule has 0 aliphatic rings. The number of benzene rings is 1. The first-order chi connectivity index (χ1) is 29.8. The molecule has 0 unspecified atom stereocenters. The lowest BCUT2D eigenvalue weighted by Gasteiger charge is -2.29. The molecule has 340 valence electrons. The van der Waals surface area contributed by atoms with Gasteiger partial charge in [-0.25, -0.2) is 19.6 Å². The van der Waals surface area contributed by atoms with Gasteiger partial charge in [-0.1, -0.05) is 0 Å². The van der Waals surface area contributed by atoms with Gasteiger partial charge in [0.2, 0.25) is 23.7 Å². The number of nitrogens with two attached hydrogens (primary N) is 3. The Bertz CT molecular complexity index is 2250. The Labute approximate surface area is 360 Å². The SMILES string of the molecule is CSC[C@H](NC(=O)[C@H](CC(=O)O)[C@H](CCCN=C(N)N)NC(=O)[C@H](CC(=O)O)NC(=O)CC[C@H](NC(=O)c1ccc(NCc2cnc3nc(N)[nH]c(=O)c3n2)cc1)C(=O)O)C(=O)O. The standard InChI is InChI=1S/C36H47N13O13S/c1-63-15-23(34(61)62)47-30(56)19(11-25(51)52)20(3-2-10-40-35(37)38)45-31(57)22(12-26(53)54)44-24(50)9-8-21(33(59)60)46-29(55)16-4-6-17(7-5-16)41-13-18-14-42-28-27(43-18)32(58)49-36(39)48-28/h4-7,14,19-23,41H,2-3,8-13,15H2,1H3,(H,44,50)(H,45,57)(H,46,55)(H,47,56)(H,51,52)(H,53,54)(H,59,60)(H,61,62)(H4,37,38,40)(H3,39,42,48,49,58)/t19-,20+,21+,22+,23+/m1/s1.